The second kappa shape index (κ2) is 5.00. The first-order valence-corrected chi connectivity index (χ1v) is 7.20. The highest BCUT2D eigenvalue weighted by molar-refractivity contribution is 5.94. The van der Waals surface area contributed by atoms with Gasteiger partial charge in [0.2, 0.25) is 0 Å². The van der Waals surface area contributed by atoms with Crippen molar-refractivity contribution in [2.24, 2.45) is 5.41 Å². The molecule has 4 heteroatoms. The van der Waals surface area contributed by atoms with Crippen LogP contribution in [0.5, 0.6) is 0 Å². The molecule has 2 aliphatic rings. The Labute approximate surface area is 114 Å². The Kier molecular flexibility index (Phi) is 3.35. The molecule has 2 heterocycles. The van der Waals surface area contributed by atoms with Gasteiger partial charge in [-0.2, -0.15) is 0 Å². The number of carbonyl (C=O) groups excluding carboxylic acids is 1. The van der Waals surface area contributed by atoms with E-state index >= 15 is 0 Å². The standard InChI is InChI=1S/C15H22N2O2/c1-19-13-4-2-6-15(13)7-3-9-17(11-15)14(18)12-5-8-16-10-12/h5,8,10,13,16H,2-4,6-7,9,11H2,1H3/t13-,15-/m1/s1. The molecule has 1 saturated heterocycles. The van der Waals surface area contributed by atoms with Gasteiger partial charge in [-0.15, -0.1) is 0 Å². The van der Waals surface area contributed by atoms with Crippen molar-refractivity contribution in [1.29, 1.82) is 0 Å². The molecular formula is C15H22N2O2. The fourth-order valence-corrected chi connectivity index (χ4v) is 3.91. The molecule has 104 valence electrons. The number of rotatable bonds is 2. The maximum absolute atomic E-state index is 12.5. The van der Waals surface area contributed by atoms with E-state index in [9.17, 15) is 4.79 Å². The largest absolute Gasteiger partial charge is 0.381 e. The predicted octanol–water partition coefficient (Wildman–Crippen LogP) is 2.44. The minimum atomic E-state index is 0.155. The van der Waals surface area contributed by atoms with E-state index in [1.54, 1.807) is 12.4 Å². The van der Waals surface area contributed by atoms with Crippen LogP contribution in [0.3, 0.4) is 0 Å². The number of piperidine rings is 1. The van der Waals surface area contributed by atoms with E-state index in [1.165, 1.54) is 19.3 Å². The van der Waals surface area contributed by atoms with E-state index in [1.807, 2.05) is 18.1 Å². The first-order chi connectivity index (χ1) is 9.25. The van der Waals surface area contributed by atoms with Crippen LogP contribution in [-0.2, 0) is 4.74 Å². The summed E-state index contributed by atoms with van der Waals surface area (Å²) in [5.74, 6) is 0.155. The number of likely N-dealkylation sites (tertiary alicyclic amines) is 1. The summed E-state index contributed by atoms with van der Waals surface area (Å²) in [5.41, 5.74) is 0.975. The molecule has 1 aromatic heterocycles. The Balaban J connectivity index is 1.76. The lowest BCUT2D eigenvalue weighted by Gasteiger charge is -2.43. The number of methoxy groups -OCH3 is 1. The van der Waals surface area contributed by atoms with Crippen LogP contribution < -0.4 is 0 Å². The average Bonchev–Trinajstić information content (AvgIpc) is 3.08. The zero-order chi connectivity index (χ0) is 13.3. The van der Waals surface area contributed by atoms with E-state index in [4.69, 9.17) is 4.74 Å². The lowest BCUT2D eigenvalue weighted by molar-refractivity contribution is -0.0295. The molecule has 0 aromatic carbocycles. The van der Waals surface area contributed by atoms with Gasteiger partial charge in [-0.05, 0) is 31.7 Å². The Bertz CT molecular complexity index is 443. The summed E-state index contributed by atoms with van der Waals surface area (Å²) >= 11 is 0. The number of aromatic nitrogens is 1. The van der Waals surface area contributed by atoms with Crippen molar-refractivity contribution in [2.75, 3.05) is 20.2 Å². The molecule has 3 rings (SSSR count). The molecule has 0 unspecified atom stereocenters. The minimum Gasteiger partial charge on any atom is -0.381 e. The van der Waals surface area contributed by atoms with Crippen LogP contribution in [0, 0.1) is 5.41 Å². The number of ether oxygens (including phenoxy) is 1. The molecule has 0 bridgehead atoms. The second-order valence-corrected chi connectivity index (χ2v) is 5.91. The summed E-state index contributed by atoms with van der Waals surface area (Å²) in [7, 11) is 1.81. The van der Waals surface area contributed by atoms with Crippen LogP contribution in [0.25, 0.3) is 0 Å². The second-order valence-electron chi connectivity index (χ2n) is 5.91. The van der Waals surface area contributed by atoms with Crippen molar-refractivity contribution in [2.45, 2.75) is 38.2 Å². The summed E-state index contributed by atoms with van der Waals surface area (Å²) in [6.07, 6.45) is 9.77. The molecule has 0 radical (unpaired) electrons. The van der Waals surface area contributed by atoms with Crippen molar-refractivity contribution >= 4 is 5.91 Å². The SMILES string of the molecule is CO[C@@H]1CCC[C@]12CCCN(C(=O)c1cc[nH]c1)C2. The zero-order valence-electron chi connectivity index (χ0n) is 11.5. The highest BCUT2D eigenvalue weighted by Crippen LogP contribution is 2.46. The van der Waals surface area contributed by atoms with Gasteiger partial charge in [0, 0.05) is 38.0 Å². The van der Waals surface area contributed by atoms with E-state index in [-0.39, 0.29) is 11.3 Å². The summed E-state index contributed by atoms with van der Waals surface area (Å²) in [5, 5.41) is 0. The first kappa shape index (κ1) is 12.7. The summed E-state index contributed by atoms with van der Waals surface area (Å²) in [6, 6.07) is 1.85. The maximum Gasteiger partial charge on any atom is 0.255 e. The molecule has 1 amide bonds. The van der Waals surface area contributed by atoms with Crippen molar-refractivity contribution in [3.05, 3.63) is 24.0 Å². The molecule has 4 nitrogen and oxygen atoms in total. The first-order valence-electron chi connectivity index (χ1n) is 7.20. The van der Waals surface area contributed by atoms with Crippen LogP contribution in [0.15, 0.2) is 18.5 Å². The number of nitrogens with one attached hydrogen (secondary N) is 1. The fourth-order valence-electron chi connectivity index (χ4n) is 3.91. The van der Waals surface area contributed by atoms with Crippen molar-refractivity contribution in [3.8, 4) is 0 Å². The topological polar surface area (TPSA) is 45.3 Å². The number of hydrogen-bond donors (Lipinski definition) is 1. The van der Waals surface area contributed by atoms with Gasteiger partial charge in [-0.25, -0.2) is 0 Å². The molecular weight excluding hydrogens is 240 g/mol. The van der Waals surface area contributed by atoms with E-state index < -0.39 is 0 Å². The Hall–Kier alpha value is -1.29. The van der Waals surface area contributed by atoms with E-state index in [2.05, 4.69) is 4.98 Å². The van der Waals surface area contributed by atoms with Gasteiger partial charge in [0.15, 0.2) is 0 Å². The lowest BCUT2D eigenvalue weighted by Crippen LogP contribution is -2.49. The smallest absolute Gasteiger partial charge is 0.255 e. The quantitative estimate of drug-likeness (QED) is 0.889. The maximum atomic E-state index is 12.5. The van der Waals surface area contributed by atoms with Gasteiger partial charge in [0.1, 0.15) is 0 Å². The Morgan fingerprint density at radius 2 is 2.32 bits per heavy atom. The number of nitrogens with zero attached hydrogens (tertiary/aromatic N) is 1. The number of aromatic amines is 1. The van der Waals surface area contributed by atoms with E-state index in [0.717, 1.165) is 31.5 Å². The zero-order valence-corrected chi connectivity index (χ0v) is 11.5. The van der Waals surface area contributed by atoms with Gasteiger partial charge in [0.05, 0.1) is 11.7 Å². The number of amides is 1. The molecule has 2 atom stereocenters. The van der Waals surface area contributed by atoms with Gasteiger partial charge in [0.25, 0.3) is 5.91 Å². The number of H-pyrrole nitrogens is 1. The molecule has 1 aliphatic carbocycles. The third-order valence-electron chi connectivity index (χ3n) is 4.85. The molecule has 1 aromatic rings. The van der Waals surface area contributed by atoms with Gasteiger partial charge >= 0.3 is 0 Å². The fraction of sp³-hybridized carbons (Fsp3) is 0.667. The van der Waals surface area contributed by atoms with Crippen LogP contribution in [0.4, 0.5) is 0 Å². The predicted molar refractivity (Wildman–Crippen MR) is 73.0 cm³/mol. The molecule has 1 spiro atoms. The highest BCUT2D eigenvalue weighted by atomic mass is 16.5. The normalized spacial score (nSPS) is 31.0. The average molecular weight is 262 g/mol. The molecule has 19 heavy (non-hydrogen) atoms. The number of carbonyl (C=O) groups is 1. The summed E-state index contributed by atoms with van der Waals surface area (Å²) in [4.78, 5) is 17.4. The Morgan fingerprint density at radius 3 is 3.05 bits per heavy atom. The van der Waals surface area contributed by atoms with Gasteiger partial charge < -0.3 is 14.6 Å². The molecule has 2 fully saturated rings. The van der Waals surface area contributed by atoms with Crippen molar-refractivity contribution in [3.63, 3.8) is 0 Å². The number of hydrogen-bond acceptors (Lipinski definition) is 2. The lowest BCUT2D eigenvalue weighted by atomic mass is 9.76. The third kappa shape index (κ3) is 2.18. The monoisotopic (exact) mass is 262 g/mol. The summed E-state index contributed by atoms with van der Waals surface area (Å²) < 4.78 is 5.68. The van der Waals surface area contributed by atoms with Crippen LogP contribution in [-0.4, -0.2) is 42.1 Å². The summed E-state index contributed by atoms with van der Waals surface area (Å²) in [6.45, 7) is 1.73. The third-order valence-corrected chi connectivity index (χ3v) is 4.85. The highest BCUT2D eigenvalue weighted by Gasteiger charge is 2.46. The molecule has 1 N–H and O–H groups in total. The van der Waals surface area contributed by atoms with Gasteiger partial charge in [-0.1, -0.05) is 6.42 Å². The van der Waals surface area contributed by atoms with E-state index in [0.29, 0.717) is 6.10 Å². The molecule has 1 aliphatic heterocycles. The van der Waals surface area contributed by atoms with Gasteiger partial charge in [-0.3, -0.25) is 4.79 Å². The minimum absolute atomic E-state index is 0.155. The Morgan fingerprint density at radius 1 is 1.47 bits per heavy atom. The van der Waals surface area contributed by atoms with Crippen molar-refractivity contribution < 1.29 is 9.53 Å². The van der Waals surface area contributed by atoms with Crippen molar-refractivity contribution in [1.82, 2.24) is 9.88 Å². The van der Waals surface area contributed by atoms with Crippen LogP contribution >= 0.6 is 0 Å². The molecule has 1 saturated carbocycles. The van der Waals surface area contributed by atoms with Crippen LogP contribution in [0.2, 0.25) is 0 Å². The van der Waals surface area contributed by atoms with Crippen LogP contribution in [0.1, 0.15) is 42.5 Å².